The zero-order valence-corrected chi connectivity index (χ0v) is 10.6. The Kier molecular flexibility index (Phi) is 6.62. The lowest BCUT2D eigenvalue weighted by molar-refractivity contribution is 0.136. The largest absolute Gasteiger partial charge is 0.496 e. The maximum atomic E-state index is 5.55. The van der Waals surface area contributed by atoms with Crippen molar-refractivity contribution in [2.75, 3.05) is 20.3 Å². The third kappa shape index (κ3) is 4.73. The minimum Gasteiger partial charge on any atom is -0.496 e. The van der Waals surface area contributed by atoms with Gasteiger partial charge in [0.2, 0.25) is 0 Å². The van der Waals surface area contributed by atoms with Gasteiger partial charge in [0, 0.05) is 19.3 Å². The molecule has 4 nitrogen and oxygen atoms in total. The smallest absolute Gasteiger partial charge is 0.122 e. The summed E-state index contributed by atoms with van der Waals surface area (Å²) in [5.74, 6) is 6.45. The monoisotopic (exact) mass is 238 g/mol. The first-order chi connectivity index (χ1) is 8.31. The lowest BCUT2D eigenvalue weighted by atomic mass is 10.0. The third-order valence-corrected chi connectivity index (χ3v) is 2.71. The van der Waals surface area contributed by atoms with Crippen LogP contribution in [0.15, 0.2) is 24.3 Å². The molecule has 0 spiro atoms. The van der Waals surface area contributed by atoms with E-state index in [4.69, 9.17) is 15.3 Å². The van der Waals surface area contributed by atoms with Crippen LogP contribution in [0.5, 0.6) is 5.75 Å². The second kappa shape index (κ2) is 8.06. The van der Waals surface area contributed by atoms with Gasteiger partial charge in [0.1, 0.15) is 5.75 Å². The molecule has 1 aromatic rings. The first-order valence-corrected chi connectivity index (χ1v) is 5.97. The van der Waals surface area contributed by atoms with Crippen LogP contribution in [0.25, 0.3) is 0 Å². The molecule has 4 heteroatoms. The highest BCUT2D eigenvalue weighted by Crippen LogP contribution is 2.19. The molecule has 0 radical (unpaired) electrons. The molecule has 1 unspecified atom stereocenters. The highest BCUT2D eigenvalue weighted by Gasteiger charge is 2.10. The Bertz CT molecular complexity index is 318. The number of nitrogens with one attached hydrogen (secondary N) is 1. The summed E-state index contributed by atoms with van der Waals surface area (Å²) in [6.45, 7) is 3.46. The fourth-order valence-electron chi connectivity index (χ4n) is 1.75. The zero-order valence-electron chi connectivity index (χ0n) is 10.6. The topological polar surface area (TPSA) is 56.5 Å². The Morgan fingerprint density at radius 3 is 2.76 bits per heavy atom. The average molecular weight is 238 g/mol. The van der Waals surface area contributed by atoms with E-state index in [2.05, 4.69) is 11.5 Å². The number of methoxy groups -OCH3 is 1. The first kappa shape index (κ1) is 14.0. The van der Waals surface area contributed by atoms with Crippen molar-refractivity contribution in [1.29, 1.82) is 0 Å². The Morgan fingerprint density at radius 2 is 2.12 bits per heavy atom. The van der Waals surface area contributed by atoms with Crippen molar-refractivity contribution in [3.63, 3.8) is 0 Å². The molecular weight excluding hydrogens is 216 g/mol. The Balaban J connectivity index is 2.54. The maximum Gasteiger partial charge on any atom is 0.122 e. The predicted octanol–water partition coefficient (Wildman–Crippen LogP) is 1.50. The van der Waals surface area contributed by atoms with Crippen LogP contribution in [0, 0.1) is 0 Å². The van der Waals surface area contributed by atoms with Gasteiger partial charge < -0.3 is 9.47 Å². The van der Waals surface area contributed by atoms with Crippen LogP contribution in [0.2, 0.25) is 0 Å². The molecule has 1 rings (SSSR count). The minimum atomic E-state index is 0.206. The van der Waals surface area contributed by atoms with Gasteiger partial charge >= 0.3 is 0 Å². The van der Waals surface area contributed by atoms with Gasteiger partial charge in [-0.2, -0.15) is 0 Å². The lowest BCUT2D eigenvalue weighted by Gasteiger charge is -2.17. The maximum absolute atomic E-state index is 5.55. The summed E-state index contributed by atoms with van der Waals surface area (Å²) < 4.78 is 10.6. The van der Waals surface area contributed by atoms with Gasteiger partial charge in [-0.1, -0.05) is 18.2 Å². The van der Waals surface area contributed by atoms with E-state index < -0.39 is 0 Å². The van der Waals surface area contributed by atoms with Crippen molar-refractivity contribution < 1.29 is 9.47 Å². The first-order valence-electron chi connectivity index (χ1n) is 5.97. The quantitative estimate of drug-likeness (QED) is 0.409. The molecule has 0 bridgehead atoms. The van der Waals surface area contributed by atoms with Crippen molar-refractivity contribution >= 4 is 0 Å². The SMILES string of the molecule is CCOCCC(Cc1ccccc1OC)NN. The van der Waals surface area contributed by atoms with E-state index in [9.17, 15) is 0 Å². The number of hydrogen-bond acceptors (Lipinski definition) is 4. The molecule has 0 fully saturated rings. The number of hydrazine groups is 1. The molecule has 1 aromatic carbocycles. The van der Waals surface area contributed by atoms with Crippen molar-refractivity contribution in [3.8, 4) is 5.75 Å². The average Bonchev–Trinajstić information content (AvgIpc) is 2.38. The van der Waals surface area contributed by atoms with Crippen LogP contribution in [-0.2, 0) is 11.2 Å². The van der Waals surface area contributed by atoms with Crippen LogP contribution in [0.4, 0.5) is 0 Å². The summed E-state index contributed by atoms with van der Waals surface area (Å²) in [7, 11) is 1.68. The van der Waals surface area contributed by atoms with Gasteiger partial charge in [-0.15, -0.1) is 0 Å². The highest BCUT2D eigenvalue weighted by molar-refractivity contribution is 5.33. The van der Waals surface area contributed by atoms with Crippen LogP contribution in [-0.4, -0.2) is 26.4 Å². The number of rotatable bonds is 8. The van der Waals surface area contributed by atoms with Crippen LogP contribution >= 0.6 is 0 Å². The summed E-state index contributed by atoms with van der Waals surface area (Å²) >= 11 is 0. The van der Waals surface area contributed by atoms with Crippen molar-refractivity contribution in [2.24, 2.45) is 5.84 Å². The molecule has 17 heavy (non-hydrogen) atoms. The standard InChI is InChI=1S/C13H22N2O2/c1-3-17-9-8-12(15-14)10-11-6-4-5-7-13(11)16-2/h4-7,12,15H,3,8-10,14H2,1-2H3. The van der Waals surface area contributed by atoms with E-state index in [1.54, 1.807) is 7.11 Å². The van der Waals surface area contributed by atoms with Gasteiger partial charge in [-0.3, -0.25) is 11.3 Å². The van der Waals surface area contributed by atoms with E-state index >= 15 is 0 Å². The summed E-state index contributed by atoms with van der Waals surface area (Å²) in [6.07, 6.45) is 1.73. The molecular formula is C13H22N2O2. The van der Waals surface area contributed by atoms with Crippen LogP contribution in [0.1, 0.15) is 18.9 Å². The lowest BCUT2D eigenvalue weighted by Crippen LogP contribution is -2.37. The molecule has 3 N–H and O–H groups in total. The Labute approximate surface area is 103 Å². The summed E-state index contributed by atoms with van der Waals surface area (Å²) in [5, 5.41) is 0. The molecule has 0 aliphatic rings. The van der Waals surface area contributed by atoms with Crippen LogP contribution in [0.3, 0.4) is 0 Å². The van der Waals surface area contributed by atoms with Gasteiger partial charge in [-0.25, -0.2) is 0 Å². The second-order valence-electron chi connectivity index (χ2n) is 3.87. The van der Waals surface area contributed by atoms with Gasteiger partial charge in [0.05, 0.1) is 7.11 Å². The molecule has 0 saturated heterocycles. The van der Waals surface area contributed by atoms with Crippen LogP contribution < -0.4 is 16.0 Å². The summed E-state index contributed by atoms with van der Waals surface area (Å²) in [6, 6.07) is 8.20. The normalized spacial score (nSPS) is 12.4. The van der Waals surface area contributed by atoms with E-state index in [-0.39, 0.29) is 6.04 Å². The highest BCUT2D eigenvalue weighted by atomic mass is 16.5. The number of ether oxygens (including phenoxy) is 2. The molecule has 0 aromatic heterocycles. The van der Waals surface area contributed by atoms with E-state index in [1.807, 2.05) is 25.1 Å². The van der Waals surface area contributed by atoms with Gasteiger partial charge in [0.25, 0.3) is 0 Å². The van der Waals surface area contributed by atoms with E-state index in [0.29, 0.717) is 0 Å². The Hall–Kier alpha value is -1.10. The third-order valence-electron chi connectivity index (χ3n) is 2.71. The zero-order chi connectivity index (χ0) is 12.5. The van der Waals surface area contributed by atoms with E-state index in [0.717, 1.165) is 37.4 Å². The molecule has 0 saturated carbocycles. The molecule has 96 valence electrons. The second-order valence-corrected chi connectivity index (χ2v) is 3.87. The molecule has 0 aliphatic carbocycles. The minimum absolute atomic E-state index is 0.206. The number of nitrogens with two attached hydrogens (primary N) is 1. The van der Waals surface area contributed by atoms with Crippen molar-refractivity contribution in [3.05, 3.63) is 29.8 Å². The van der Waals surface area contributed by atoms with E-state index in [1.165, 1.54) is 0 Å². The fraction of sp³-hybridized carbons (Fsp3) is 0.538. The number of para-hydroxylation sites is 1. The fourth-order valence-corrected chi connectivity index (χ4v) is 1.75. The van der Waals surface area contributed by atoms with Crippen molar-refractivity contribution in [1.82, 2.24) is 5.43 Å². The molecule has 1 atom stereocenters. The number of hydrogen-bond donors (Lipinski definition) is 2. The van der Waals surface area contributed by atoms with Crippen molar-refractivity contribution in [2.45, 2.75) is 25.8 Å². The van der Waals surface area contributed by atoms with Gasteiger partial charge in [0.15, 0.2) is 0 Å². The summed E-state index contributed by atoms with van der Waals surface area (Å²) in [4.78, 5) is 0. The summed E-state index contributed by atoms with van der Waals surface area (Å²) in [5.41, 5.74) is 3.99. The Morgan fingerprint density at radius 1 is 1.35 bits per heavy atom. The molecule has 0 aliphatic heterocycles. The molecule has 0 amide bonds. The molecule has 0 heterocycles. The van der Waals surface area contributed by atoms with Gasteiger partial charge in [-0.05, 0) is 31.4 Å². The predicted molar refractivity (Wildman–Crippen MR) is 68.9 cm³/mol. The number of benzene rings is 1.